The summed E-state index contributed by atoms with van der Waals surface area (Å²) in [6, 6.07) is 6.10. The van der Waals surface area contributed by atoms with Gasteiger partial charge in [-0.3, -0.25) is 4.79 Å². The van der Waals surface area contributed by atoms with Crippen molar-refractivity contribution in [3.05, 3.63) is 28.2 Å². The molecular formula is C15H23BrN2O2. The van der Waals surface area contributed by atoms with Crippen molar-refractivity contribution in [1.82, 2.24) is 10.2 Å². The van der Waals surface area contributed by atoms with Gasteiger partial charge >= 0.3 is 0 Å². The zero-order valence-electron chi connectivity index (χ0n) is 12.6. The van der Waals surface area contributed by atoms with Crippen LogP contribution in [0, 0.1) is 0 Å². The van der Waals surface area contributed by atoms with Gasteiger partial charge in [0.25, 0.3) is 5.91 Å². The Kier molecular flexibility index (Phi) is 7.02. The van der Waals surface area contributed by atoms with Crippen LogP contribution in [0.25, 0.3) is 0 Å². The van der Waals surface area contributed by atoms with Gasteiger partial charge in [-0.15, -0.1) is 0 Å². The van der Waals surface area contributed by atoms with E-state index in [9.17, 15) is 4.79 Å². The maximum absolute atomic E-state index is 11.6. The average molecular weight is 343 g/mol. The van der Waals surface area contributed by atoms with E-state index in [-0.39, 0.29) is 18.6 Å². The quantitative estimate of drug-likeness (QED) is 0.828. The van der Waals surface area contributed by atoms with Crippen LogP contribution in [0.3, 0.4) is 0 Å². The van der Waals surface area contributed by atoms with Gasteiger partial charge in [0.15, 0.2) is 6.61 Å². The molecule has 4 nitrogen and oxygen atoms in total. The number of carbonyl (C=O) groups excluding carboxylic acids is 1. The van der Waals surface area contributed by atoms with Crippen LogP contribution in [0.15, 0.2) is 22.7 Å². The number of likely N-dealkylation sites (N-methyl/N-ethyl adjacent to an activating group) is 1. The number of rotatable bonds is 7. The minimum absolute atomic E-state index is 0.0508. The molecule has 1 atom stereocenters. The molecule has 1 unspecified atom stereocenters. The second-order valence-corrected chi connectivity index (χ2v) is 5.85. The Morgan fingerprint density at radius 2 is 2.15 bits per heavy atom. The fourth-order valence-corrected chi connectivity index (χ4v) is 2.07. The maximum atomic E-state index is 11.6. The van der Waals surface area contributed by atoms with Crippen LogP contribution in [-0.4, -0.2) is 38.1 Å². The Hall–Kier alpha value is -1.07. The van der Waals surface area contributed by atoms with E-state index in [0.29, 0.717) is 0 Å². The molecule has 0 radical (unpaired) electrons. The number of halogens is 1. The molecular weight excluding hydrogens is 320 g/mol. The predicted octanol–water partition coefficient (Wildman–Crippen LogP) is 2.98. The van der Waals surface area contributed by atoms with Crippen LogP contribution in [0.1, 0.15) is 31.9 Å². The standard InChI is InChI=1S/C15H23BrN2O2/c1-5-8-17-11(2)13-7-6-12(16)9-14(13)20-10-15(19)18(3)4/h6-7,9,11,17H,5,8,10H2,1-4H3. The molecule has 0 aliphatic rings. The molecule has 112 valence electrons. The molecule has 5 heteroatoms. The van der Waals surface area contributed by atoms with Crippen molar-refractivity contribution in [3.8, 4) is 5.75 Å². The molecule has 1 aromatic carbocycles. The van der Waals surface area contributed by atoms with E-state index in [4.69, 9.17) is 4.74 Å². The summed E-state index contributed by atoms with van der Waals surface area (Å²) in [6.07, 6.45) is 1.08. The summed E-state index contributed by atoms with van der Waals surface area (Å²) < 4.78 is 6.62. The van der Waals surface area contributed by atoms with Gasteiger partial charge in [-0.05, 0) is 32.0 Å². The van der Waals surface area contributed by atoms with Crippen LogP contribution in [0.4, 0.5) is 0 Å². The predicted molar refractivity (Wildman–Crippen MR) is 85.0 cm³/mol. The van der Waals surface area contributed by atoms with E-state index in [1.54, 1.807) is 14.1 Å². The summed E-state index contributed by atoms with van der Waals surface area (Å²) >= 11 is 3.44. The first-order chi connectivity index (χ1) is 9.45. The molecule has 20 heavy (non-hydrogen) atoms. The smallest absolute Gasteiger partial charge is 0.259 e. The number of ether oxygens (including phenoxy) is 1. The minimum Gasteiger partial charge on any atom is -0.483 e. The lowest BCUT2D eigenvalue weighted by molar-refractivity contribution is -0.130. The normalized spacial score (nSPS) is 12.1. The number of benzene rings is 1. The highest BCUT2D eigenvalue weighted by Gasteiger charge is 2.13. The second-order valence-electron chi connectivity index (χ2n) is 4.93. The Morgan fingerprint density at radius 1 is 1.45 bits per heavy atom. The summed E-state index contributed by atoms with van der Waals surface area (Å²) in [5.74, 6) is 0.691. The van der Waals surface area contributed by atoms with Crippen molar-refractivity contribution in [2.75, 3.05) is 27.2 Å². The van der Waals surface area contributed by atoms with Crippen molar-refractivity contribution >= 4 is 21.8 Å². The molecule has 0 heterocycles. The summed E-state index contributed by atoms with van der Waals surface area (Å²) in [5, 5.41) is 3.43. The Bertz CT molecular complexity index is 449. The van der Waals surface area contributed by atoms with Crippen molar-refractivity contribution in [2.24, 2.45) is 0 Å². The van der Waals surface area contributed by atoms with Crippen molar-refractivity contribution in [3.63, 3.8) is 0 Å². The molecule has 0 bridgehead atoms. The van der Waals surface area contributed by atoms with Gasteiger partial charge in [0.2, 0.25) is 0 Å². The molecule has 0 aromatic heterocycles. The van der Waals surface area contributed by atoms with Gasteiger partial charge in [0, 0.05) is 30.2 Å². The van der Waals surface area contributed by atoms with E-state index >= 15 is 0 Å². The lowest BCUT2D eigenvalue weighted by Crippen LogP contribution is -2.28. The zero-order chi connectivity index (χ0) is 15.1. The third-order valence-electron chi connectivity index (χ3n) is 2.99. The number of nitrogens with zero attached hydrogens (tertiary/aromatic N) is 1. The summed E-state index contributed by atoms with van der Waals surface area (Å²) in [4.78, 5) is 13.2. The number of hydrogen-bond acceptors (Lipinski definition) is 3. The first kappa shape index (κ1) is 17.0. The number of hydrogen-bond donors (Lipinski definition) is 1. The molecule has 1 N–H and O–H groups in total. The third-order valence-corrected chi connectivity index (χ3v) is 3.49. The van der Waals surface area contributed by atoms with Gasteiger partial charge in [-0.1, -0.05) is 28.9 Å². The third kappa shape index (κ3) is 5.13. The second kappa shape index (κ2) is 8.27. The molecule has 0 saturated heterocycles. The van der Waals surface area contributed by atoms with Gasteiger partial charge in [0.1, 0.15) is 5.75 Å². The highest BCUT2D eigenvalue weighted by atomic mass is 79.9. The number of carbonyl (C=O) groups is 1. The molecule has 0 aliphatic heterocycles. The summed E-state index contributed by atoms with van der Waals surface area (Å²) in [5.41, 5.74) is 1.06. The van der Waals surface area contributed by atoms with Crippen molar-refractivity contribution in [1.29, 1.82) is 0 Å². The SMILES string of the molecule is CCCNC(C)c1ccc(Br)cc1OCC(=O)N(C)C. The van der Waals surface area contributed by atoms with E-state index in [2.05, 4.69) is 35.1 Å². The number of nitrogens with one attached hydrogen (secondary N) is 1. The molecule has 0 saturated carbocycles. The maximum Gasteiger partial charge on any atom is 0.259 e. The van der Waals surface area contributed by atoms with E-state index < -0.39 is 0 Å². The lowest BCUT2D eigenvalue weighted by atomic mass is 10.1. The minimum atomic E-state index is -0.0508. The van der Waals surface area contributed by atoms with Crippen LogP contribution in [0.2, 0.25) is 0 Å². The Balaban J connectivity index is 2.82. The first-order valence-corrected chi connectivity index (χ1v) is 7.60. The molecule has 0 spiro atoms. The molecule has 0 fully saturated rings. The van der Waals surface area contributed by atoms with Gasteiger partial charge in [-0.2, -0.15) is 0 Å². The van der Waals surface area contributed by atoms with Crippen LogP contribution < -0.4 is 10.1 Å². The van der Waals surface area contributed by atoms with Gasteiger partial charge < -0.3 is 15.0 Å². The molecule has 0 aliphatic carbocycles. The zero-order valence-corrected chi connectivity index (χ0v) is 14.2. The number of amides is 1. The highest BCUT2D eigenvalue weighted by molar-refractivity contribution is 9.10. The first-order valence-electron chi connectivity index (χ1n) is 6.81. The summed E-state index contributed by atoms with van der Waals surface area (Å²) in [7, 11) is 3.44. The fraction of sp³-hybridized carbons (Fsp3) is 0.533. The van der Waals surface area contributed by atoms with E-state index in [1.165, 1.54) is 4.90 Å². The molecule has 1 rings (SSSR count). The largest absolute Gasteiger partial charge is 0.483 e. The van der Waals surface area contributed by atoms with E-state index in [1.807, 2.05) is 18.2 Å². The van der Waals surface area contributed by atoms with Crippen LogP contribution in [0.5, 0.6) is 5.75 Å². The molecule has 1 aromatic rings. The van der Waals surface area contributed by atoms with Crippen LogP contribution >= 0.6 is 15.9 Å². The van der Waals surface area contributed by atoms with E-state index in [0.717, 1.165) is 28.8 Å². The Morgan fingerprint density at radius 3 is 2.75 bits per heavy atom. The Labute approximate surface area is 129 Å². The average Bonchev–Trinajstić information content (AvgIpc) is 2.42. The topological polar surface area (TPSA) is 41.6 Å². The summed E-state index contributed by atoms with van der Waals surface area (Å²) in [6.45, 7) is 5.23. The van der Waals surface area contributed by atoms with Crippen LogP contribution in [-0.2, 0) is 4.79 Å². The van der Waals surface area contributed by atoms with Gasteiger partial charge in [-0.25, -0.2) is 0 Å². The highest BCUT2D eigenvalue weighted by Crippen LogP contribution is 2.28. The lowest BCUT2D eigenvalue weighted by Gasteiger charge is -2.19. The van der Waals surface area contributed by atoms with Gasteiger partial charge in [0.05, 0.1) is 0 Å². The van der Waals surface area contributed by atoms with Crippen molar-refractivity contribution < 1.29 is 9.53 Å². The molecule has 1 amide bonds. The van der Waals surface area contributed by atoms with Crippen molar-refractivity contribution in [2.45, 2.75) is 26.3 Å². The fourth-order valence-electron chi connectivity index (χ4n) is 1.73. The monoisotopic (exact) mass is 342 g/mol.